The fraction of sp³-hybridized carbons (Fsp3) is 0.750. The van der Waals surface area contributed by atoms with E-state index in [0.29, 0.717) is 19.4 Å². The van der Waals surface area contributed by atoms with E-state index in [4.69, 9.17) is 9.84 Å². The zero-order valence-corrected chi connectivity index (χ0v) is 6.53. The van der Waals surface area contributed by atoms with Gasteiger partial charge in [-0.1, -0.05) is 0 Å². The normalized spacial score (nSPS) is 40.0. The molecule has 1 N–H and O–H groups in total. The first-order valence-corrected chi connectivity index (χ1v) is 4.06. The molecular weight excluding hydrogens is 160 g/mol. The lowest BCUT2D eigenvalue weighted by molar-refractivity contribution is -0.145. The van der Waals surface area contributed by atoms with Crippen LogP contribution in [0.2, 0.25) is 0 Å². The third-order valence-electron chi connectivity index (χ3n) is 2.64. The molecule has 2 bridgehead atoms. The van der Waals surface area contributed by atoms with Gasteiger partial charge in [-0.15, -0.1) is 0 Å². The maximum atomic E-state index is 11.2. The summed E-state index contributed by atoms with van der Waals surface area (Å²) in [5.41, 5.74) is 0. The number of hydrogen-bond donors (Lipinski definition) is 1. The lowest BCUT2D eigenvalue weighted by atomic mass is 9.81. The van der Waals surface area contributed by atoms with Crippen LogP contribution in [0.15, 0.2) is 0 Å². The van der Waals surface area contributed by atoms with Crippen LogP contribution in [-0.2, 0) is 14.3 Å². The van der Waals surface area contributed by atoms with Gasteiger partial charge in [0, 0.05) is 5.92 Å². The standard InChI is InChI=1S/C8H10O4/c9-7-5-1-4(8(10)11)2-6(7)12-3-5/h4-6H,1-3H2,(H,10,11)/t4-,5-,6+/m0/s1. The zero-order chi connectivity index (χ0) is 8.72. The molecule has 0 amide bonds. The van der Waals surface area contributed by atoms with Gasteiger partial charge >= 0.3 is 5.97 Å². The maximum Gasteiger partial charge on any atom is 0.306 e. The highest BCUT2D eigenvalue weighted by atomic mass is 16.5. The quantitative estimate of drug-likeness (QED) is 0.604. The Labute approximate surface area is 69.5 Å². The SMILES string of the molecule is O=C(O)[C@H]1C[C@H]2CO[C@H](C1)C2=O. The van der Waals surface area contributed by atoms with E-state index < -0.39 is 12.1 Å². The Hall–Kier alpha value is -0.900. The molecule has 1 heterocycles. The van der Waals surface area contributed by atoms with Crippen molar-refractivity contribution in [2.75, 3.05) is 6.61 Å². The Bertz CT molecular complexity index is 219. The van der Waals surface area contributed by atoms with Crippen molar-refractivity contribution in [1.29, 1.82) is 0 Å². The Morgan fingerprint density at radius 1 is 1.50 bits per heavy atom. The summed E-state index contributed by atoms with van der Waals surface area (Å²) in [6.07, 6.45) is 0.403. The summed E-state index contributed by atoms with van der Waals surface area (Å²) in [6.45, 7) is 0.424. The van der Waals surface area contributed by atoms with Crippen LogP contribution in [0, 0.1) is 11.8 Å². The van der Waals surface area contributed by atoms with Crippen LogP contribution in [0.3, 0.4) is 0 Å². The van der Waals surface area contributed by atoms with Gasteiger partial charge in [-0.25, -0.2) is 0 Å². The molecule has 2 rings (SSSR count). The summed E-state index contributed by atoms with van der Waals surface area (Å²) in [6, 6.07) is 0. The van der Waals surface area contributed by atoms with E-state index in [9.17, 15) is 9.59 Å². The highest BCUT2D eigenvalue weighted by Crippen LogP contribution is 2.34. The van der Waals surface area contributed by atoms with Gasteiger partial charge < -0.3 is 9.84 Å². The second kappa shape index (κ2) is 2.55. The number of carboxylic acid groups (broad SMARTS) is 1. The average molecular weight is 170 g/mol. The van der Waals surface area contributed by atoms with Gasteiger partial charge in [0.15, 0.2) is 5.78 Å². The van der Waals surface area contributed by atoms with E-state index in [2.05, 4.69) is 0 Å². The molecule has 0 aromatic heterocycles. The molecule has 1 aliphatic carbocycles. The van der Waals surface area contributed by atoms with Crippen LogP contribution in [0.4, 0.5) is 0 Å². The molecule has 12 heavy (non-hydrogen) atoms. The lowest BCUT2D eigenvalue weighted by Crippen LogP contribution is -2.33. The van der Waals surface area contributed by atoms with E-state index in [1.807, 2.05) is 0 Å². The van der Waals surface area contributed by atoms with Crippen molar-refractivity contribution in [2.24, 2.45) is 11.8 Å². The minimum Gasteiger partial charge on any atom is -0.481 e. The zero-order valence-electron chi connectivity index (χ0n) is 6.53. The van der Waals surface area contributed by atoms with Gasteiger partial charge in [0.2, 0.25) is 0 Å². The molecule has 4 nitrogen and oxygen atoms in total. The number of aliphatic carboxylic acids is 1. The van der Waals surface area contributed by atoms with E-state index in [-0.39, 0.29) is 17.6 Å². The predicted octanol–water partition coefficient (Wildman–Crippen LogP) is 0.0651. The van der Waals surface area contributed by atoms with E-state index >= 15 is 0 Å². The molecular formula is C8H10O4. The van der Waals surface area contributed by atoms with Crippen molar-refractivity contribution in [3.8, 4) is 0 Å². The molecule has 66 valence electrons. The molecule has 3 atom stereocenters. The van der Waals surface area contributed by atoms with Crippen molar-refractivity contribution in [1.82, 2.24) is 0 Å². The van der Waals surface area contributed by atoms with Crippen molar-refractivity contribution >= 4 is 11.8 Å². The van der Waals surface area contributed by atoms with Crippen LogP contribution in [0.1, 0.15) is 12.8 Å². The number of carbonyl (C=O) groups excluding carboxylic acids is 1. The third-order valence-corrected chi connectivity index (χ3v) is 2.64. The van der Waals surface area contributed by atoms with Gasteiger partial charge in [-0.3, -0.25) is 9.59 Å². The molecule has 0 radical (unpaired) electrons. The fourth-order valence-corrected chi connectivity index (χ4v) is 1.93. The summed E-state index contributed by atoms with van der Waals surface area (Å²) < 4.78 is 5.16. The van der Waals surface area contributed by atoms with Gasteiger partial charge in [-0.2, -0.15) is 0 Å². The molecule has 0 spiro atoms. The van der Waals surface area contributed by atoms with Crippen molar-refractivity contribution in [2.45, 2.75) is 18.9 Å². The molecule has 1 saturated carbocycles. The highest BCUT2D eigenvalue weighted by Gasteiger charge is 2.44. The first-order chi connectivity index (χ1) is 5.68. The number of fused-ring (bicyclic) bond motifs is 2. The van der Waals surface area contributed by atoms with E-state index in [1.165, 1.54) is 0 Å². The number of hydrogen-bond acceptors (Lipinski definition) is 3. The smallest absolute Gasteiger partial charge is 0.306 e. The third kappa shape index (κ3) is 1.03. The monoisotopic (exact) mass is 170 g/mol. The summed E-state index contributed by atoms with van der Waals surface area (Å²) in [7, 11) is 0. The summed E-state index contributed by atoms with van der Waals surface area (Å²) in [5.74, 6) is -1.22. The molecule has 2 aliphatic rings. The fourth-order valence-electron chi connectivity index (χ4n) is 1.93. The summed E-state index contributed by atoms with van der Waals surface area (Å²) in [4.78, 5) is 21.9. The molecule has 4 heteroatoms. The first-order valence-electron chi connectivity index (χ1n) is 4.06. The second-order valence-electron chi connectivity index (χ2n) is 3.43. The second-order valence-corrected chi connectivity index (χ2v) is 3.43. The van der Waals surface area contributed by atoms with Crippen LogP contribution >= 0.6 is 0 Å². The minimum absolute atomic E-state index is 0.104. The van der Waals surface area contributed by atoms with Crippen LogP contribution in [-0.4, -0.2) is 29.6 Å². The number of carboxylic acids is 1. The van der Waals surface area contributed by atoms with Crippen LogP contribution in [0.25, 0.3) is 0 Å². The number of ether oxygens (including phenoxy) is 1. The summed E-state index contributed by atoms with van der Waals surface area (Å²) >= 11 is 0. The number of ketones is 1. The number of carbonyl (C=O) groups is 2. The Balaban J connectivity index is 2.12. The van der Waals surface area contributed by atoms with Gasteiger partial charge in [0.25, 0.3) is 0 Å². The van der Waals surface area contributed by atoms with Gasteiger partial charge in [0.1, 0.15) is 6.10 Å². The summed E-state index contributed by atoms with van der Waals surface area (Å²) in [5, 5.41) is 8.72. The highest BCUT2D eigenvalue weighted by molar-refractivity contribution is 5.89. The number of rotatable bonds is 1. The van der Waals surface area contributed by atoms with E-state index in [0.717, 1.165) is 0 Å². The van der Waals surface area contributed by atoms with Crippen molar-refractivity contribution in [3.63, 3.8) is 0 Å². The maximum absolute atomic E-state index is 11.2. The average Bonchev–Trinajstić information content (AvgIpc) is 2.30. The van der Waals surface area contributed by atoms with Crippen molar-refractivity contribution < 1.29 is 19.4 Å². The van der Waals surface area contributed by atoms with Crippen molar-refractivity contribution in [3.05, 3.63) is 0 Å². The molecule has 0 aromatic carbocycles. The predicted molar refractivity (Wildman–Crippen MR) is 38.6 cm³/mol. The van der Waals surface area contributed by atoms with Crippen LogP contribution in [0.5, 0.6) is 0 Å². The largest absolute Gasteiger partial charge is 0.481 e. The Morgan fingerprint density at radius 3 is 2.83 bits per heavy atom. The number of Topliss-reactive ketones (excluding diaryl/α,β-unsaturated/α-hetero) is 1. The Morgan fingerprint density at radius 2 is 2.25 bits per heavy atom. The molecule has 0 aromatic rings. The molecule has 1 saturated heterocycles. The van der Waals surface area contributed by atoms with Gasteiger partial charge in [0.05, 0.1) is 12.5 Å². The van der Waals surface area contributed by atoms with Gasteiger partial charge in [-0.05, 0) is 12.8 Å². The lowest BCUT2D eigenvalue weighted by Gasteiger charge is -2.21. The molecule has 2 fully saturated rings. The van der Waals surface area contributed by atoms with E-state index in [1.54, 1.807) is 0 Å². The Kier molecular flexibility index (Phi) is 1.65. The molecule has 1 aliphatic heterocycles. The topological polar surface area (TPSA) is 63.6 Å². The van der Waals surface area contributed by atoms with Crippen LogP contribution < -0.4 is 0 Å². The minimum atomic E-state index is -0.803. The molecule has 0 unspecified atom stereocenters. The first kappa shape index (κ1) is 7.73.